The average Bonchev–Trinajstić information content (AvgIpc) is 2.45. The van der Waals surface area contributed by atoms with Gasteiger partial charge in [-0.1, -0.05) is 0 Å². The van der Waals surface area contributed by atoms with Gasteiger partial charge < -0.3 is 10.2 Å². The first-order chi connectivity index (χ1) is 9.50. The van der Waals surface area contributed by atoms with Crippen molar-refractivity contribution in [2.45, 2.75) is 24.7 Å². The summed E-state index contributed by atoms with van der Waals surface area (Å²) >= 11 is 0. The van der Waals surface area contributed by atoms with E-state index < -0.39 is 10.0 Å². The quantitative estimate of drug-likeness (QED) is 0.829. The summed E-state index contributed by atoms with van der Waals surface area (Å²) in [5, 5.41) is 8.43. The van der Waals surface area contributed by atoms with Crippen LogP contribution < -0.4 is 15.4 Å². The smallest absolute Gasteiger partial charge is 0.239 e. The Balaban J connectivity index is 2.07. The van der Waals surface area contributed by atoms with E-state index in [-0.39, 0.29) is 4.90 Å². The predicted octanol–water partition coefficient (Wildman–Crippen LogP) is 0.555. The minimum atomic E-state index is -3.67. The van der Waals surface area contributed by atoms with Gasteiger partial charge in [-0.3, -0.25) is 0 Å². The van der Waals surface area contributed by atoms with Crippen LogP contribution in [0, 0.1) is 5.92 Å². The zero-order valence-corrected chi connectivity index (χ0v) is 12.6. The Hall–Kier alpha value is -1.18. The Morgan fingerprint density at radius 1 is 1.40 bits per heavy atom. The molecule has 6 nitrogen and oxygen atoms in total. The summed E-state index contributed by atoms with van der Waals surface area (Å²) in [6.07, 6.45) is 3.67. The number of pyridine rings is 1. The second-order valence-electron chi connectivity index (χ2n) is 5.13. The molecule has 3 N–H and O–H groups in total. The molecule has 0 amide bonds. The minimum absolute atomic E-state index is 0.0548. The van der Waals surface area contributed by atoms with Crippen LogP contribution in [0.5, 0.6) is 0 Å². The zero-order chi connectivity index (χ0) is 14.6. The molecule has 1 aliphatic rings. The third kappa shape index (κ3) is 3.91. The summed E-state index contributed by atoms with van der Waals surface area (Å²) in [6, 6.07) is 3.24. The zero-order valence-electron chi connectivity index (χ0n) is 11.7. The molecule has 1 saturated heterocycles. The first-order valence-electron chi connectivity index (χ1n) is 6.95. The van der Waals surface area contributed by atoms with E-state index in [2.05, 4.69) is 22.1 Å². The van der Waals surface area contributed by atoms with Crippen molar-refractivity contribution < 1.29 is 8.42 Å². The fourth-order valence-electron chi connectivity index (χ4n) is 2.49. The highest BCUT2D eigenvalue weighted by atomic mass is 32.2. The molecule has 2 rings (SSSR count). The van der Waals surface area contributed by atoms with E-state index >= 15 is 0 Å². The van der Waals surface area contributed by atoms with E-state index in [0.29, 0.717) is 5.92 Å². The molecule has 1 aromatic heterocycles. The number of hydrogen-bond donors (Lipinski definition) is 2. The van der Waals surface area contributed by atoms with Gasteiger partial charge in [0.05, 0.1) is 0 Å². The number of nitrogens with one attached hydrogen (secondary N) is 1. The lowest BCUT2D eigenvalue weighted by molar-refractivity contribution is 0.374. The number of primary sulfonamides is 1. The van der Waals surface area contributed by atoms with E-state index in [0.717, 1.165) is 32.0 Å². The summed E-state index contributed by atoms with van der Waals surface area (Å²) in [7, 11) is -3.67. The van der Waals surface area contributed by atoms with Crippen molar-refractivity contribution in [3.05, 3.63) is 18.3 Å². The topological polar surface area (TPSA) is 88.3 Å². The van der Waals surface area contributed by atoms with Gasteiger partial charge in [0, 0.05) is 19.3 Å². The highest BCUT2D eigenvalue weighted by Crippen LogP contribution is 2.19. The van der Waals surface area contributed by atoms with E-state index in [1.165, 1.54) is 25.1 Å². The van der Waals surface area contributed by atoms with E-state index in [1.54, 1.807) is 6.07 Å². The molecule has 0 aromatic carbocycles. The summed E-state index contributed by atoms with van der Waals surface area (Å²) in [4.78, 5) is 6.47. The minimum Gasteiger partial charge on any atom is -0.357 e. The lowest BCUT2D eigenvalue weighted by Gasteiger charge is -2.30. The first kappa shape index (κ1) is 15.2. The van der Waals surface area contributed by atoms with Crippen LogP contribution in [0.25, 0.3) is 0 Å². The molecule has 0 spiro atoms. The molecule has 0 aliphatic carbocycles. The SMILES string of the molecule is CCN(CC1CCNCC1)c1ccc(S(N)(=O)=O)cn1. The van der Waals surface area contributed by atoms with Crippen molar-refractivity contribution >= 4 is 15.8 Å². The van der Waals surface area contributed by atoms with Gasteiger partial charge in [-0.2, -0.15) is 0 Å². The molecule has 0 bridgehead atoms. The van der Waals surface area contributed by atoms with Gasteiger partial charge in [-0.05, 0) is 50.9 Å². The molecule has 7 heteroatoms. The maximum Gasteiger partial charge on any atom is 0.239 e. The van der Waals surface area contributed by atoms with E-state index in [9.17, 15) is 8.42 Å². The number of nitrogens with zero attached hydrogens (tertiary/aromatic N) is 2. The van der Waals surface area contributed by atoms with Crippen molar-refractivity contribution in [2.24, 2.45) is 11.1 Å². The van der Waals surface area contributed by atoms with Crippen LogP contribution in [0.15, 0.2) is 23.2 Å². The van der Waals surface area contributed by atoms with Crippen molar-refractivity contribution in [1.82, 2.24) is 10.3 Å². The van der Waals surface area contributed by atoms with Crippen LogP contribution in [0.4, 0.5) is 5.82 Å². The Bertz CT molecular complexity index is 524. The number of aromatic nitrogens is 1. The van der Waals surface area contributed by atoms with Gasteiger partial charge in [0.1, 0.15) is 10.7 Å². The van der Waals surface area contributed by atoms with Crippen LogP contribution in [-0.4, -0.2) is 39.6 Å². The van der Waals surface area contributed by atoms with Gasteiger partial charge in [0.15, 0.2) is 0 Å². The second kappa shape index (κ2) is 6.51. The van der Waals surface area contributed by atoms with Gasteiger partial charge in [0.2, 0.25) is 10.0 Å². The van der Waals surface area contributed by atoms with Crippen molar-refractivity contribution in [1.29, 1.82) is 0 Å². The first-order valence-corrected chi connectivity index (χ1v) is 8.50. The number of nitrogens with two attached hydrogens (primary N) is 1. The average molecular weight is 298 g/mol. The number of rotatable bonds is 5. The third-order valence-corrected chi connectivity index (χ3v) is 4.59. The van der Waals surface area contributed by atoms with E-state index in [4.69, 9.17) is 5.14 Å². The fraction of sp³-hybridized carbons (Fsp3) is 0.615. The number of sulfonamides is 1. The second-order valence-corrected chi connectivity index (χ2v) is 6.69. The van der Waals surface area contributed by atoms with Crippen LogP contribution >= 0.6 is 0 Å². The van der Waals surface area contributed by atoms with Crippen LogP contribution in [0.1, 0.15) is 19.8 Å². The van der Waals surface area contributed by atoms with Gasteiger partial charge in [0.25, 0.3) is 0 Å². The summed E-state index contributed by atoms with van der Waals surface area (Å²) in [6.45, 7) is 6.03. The van der Waals surface area contributed by atoms with Crippen molar-refractivity contribution in [3.63, 3.8) is 0 Å². The standard InChI is InChI=1S/C13H22N4O2S/c1-2-17(10-11-5-7-15-8-6-11)13-4-3-12(9-16-13)20(14,18)19/h3-4,9,11,15H,2,5-8,10H2,1H3,(H2,14,18,19). The maximum absolute atomic E-state index is 11.2. The maximum atomic E-state index is 11.2. The molecule has 1 fully saturated rings. The molecule has 0 atom stereocenters. The van der Waals surface area contributed by atoms with Crippen LogP contribution in [-0.2, 0) is 10.0 Å². The molecule has 2 heterocycles. The fourth-order valence-corrected chi connectivity index (χ4v) is 2.95. The molecule has 112 valence electrons. The molecule has 20 heavy (non-hydrogen) atoms. The monoisotopic (exact) mass is 298 g/mol. The summed E-state index contributed by atoms with van der Waals surface area (Å²) < 4.78 is 22.4. The Labute approximate surface area is 120 Å². The Morgan fingerprint density at radius 3 is 2.60 bits per heavy atom. The summed E-state index contributed by atoms with van der Waals surface area (Å²) in [5.41, 5.74) is 0. The molecule has 0 radical (unpaired) electrons. The largest absolute Gasteiger partial charge is 0.357 e. The number of hydrogen-bond acceptors (Lipinski definition) is 5. The molecule has 1 aliphatic heterocycles. The van der Waals surface area contributed by atoms with E-state index in [1.807, 2.05) is 0 Å². The van der Waals surface area contributed by atoms with Crippen LogP contribution in [0.3, 0.4) is 0 Å². The van der Waals surface area contributed by atoms with Crippen molar-refractivity contribution in [3.8, 4) is 0 Å². The Kier molecular flexibility index (Phi) is 4.95. The number of anilines is 1. The number of piperidine rings is 1. The molecule has 0 saturated carbocycles. The van der Waals surface area contributed by atoms with Crippen LogP contribution in [0.2, 0.25) is 0 Å². The third-order valence-electron chi connectivity index (χ3n) is 3.69. The van der Waals surface area contributed by atoms with Gasteiger partial charge >= 0.3 is 0 Å². The highest BCUT2D eigenvalue weighted by Gasteiger charge is 2.17. The molecular formula is C13H22N4O2S. The molecular weight excluding hydrogens is 276 g/mol. The predicted molar refractivity (Wildman–Crippen MR) is 79.1 cm³/mol. The lowest BCUT2D eigenvalue weighted by Crippen LogP contribution is -2.36. The highest BCUT2D eigenvalue weighted by molar-refractivity contribution is 7.89. The van der Waals surface area contributed by atoms with Crippen molar-refractivity contribution in [2.75, 3.05) is 31.1 Å². The molecule has 1 aromatic rings. The lowest BCUT2D eigenvalue weighted by atomic mass is 9.97. The van der Waals surface area contributed by atoms with Gasteiger partial charge in [-0.15, -0.1) is 0 Å². The van der Waals surface area contributed by atoms with Gasteiger partial charge in [-0.25, -0.2) is 18.5 Å². The summed E-state index contributed by atoms with van der Waals surface area (Å²) in [5.74, 6) is 1.47. The Morgan fingerprint density at radius 2 is 2.10 bits per heavy atom. The normalized spacial score (nSPS) is 17.1. The molecule has 0 unspecified atom stereocenters.